The van der Waals surface area contributed by atoms with Crippen LogP contribution in [0.3, 0.4) is 0 Å². The lowest BCUT2D eigenvalue weighted by Crippen LogP contribution is -2.45. The Morgan fingerprint density at radius 1 is 1.30 bits per heavy atom. The smallest absolute Gasteiger partial charge is 0.184 e. The molecule has 0 atom stereocenters. The SMILES string of the molecule is COc1ccnc(COC2(CN)CCOCC2)c1OC. The fourth-order valence-electron chi connectivity index (χ4n) is 2.33. The highest BCUT2D eigenvalue weighted by molar-refractivity contribution is 5.42. The first kappa shape index (κ1) is 15.0. The molecule has 0 spiro atoms. The molecule has 0 saturated carbocycles. The predicted molar refractivity (Wildman–Crippen MR) is 74.0 cm³/mol. The van der Waals surface area contributed by atoms with Gasteiger partial charge in [-0.25, -0.2) is 0 Å². The number of methoxy groups -OCH3 is 2. The number of rotatable bonds is 6. The summed E-state index contributed by atoms with van der Waals surface area (Å²) in [5.74, 6) is 1.25. The summed E-state index contributed by atoms with van der Waals surface area (Å²) in [5.41, 5.74) is 6.26. The van der Waals surface area contributed by atoms with Gasteiger partial charge in [0.15, 0.2) is 11.5 Å². The summed E-state index contributed by atoms with van der Waals surface area (Å²) in [7, 11) is 3.19. The minimum absolute atomic E-state index is 0.325. The summed E-state index contributed by atoms with van der Waals surface area (Å²) < 4.78 is 22.0. The topological polar surface area (TPSA) is 75.8 Å². The predicted octanol–water partition coefficient (Wildman–Crippen LogP) is 1.12. The Hall–Kier alpha value is -1.37. The minimum Gasteiger partial charge on any atom is -0.493 e. The van der Waals surface area contributed by atoms with Crippen molar-refractivity contribution < 1.29 is 18.9 Å². The lowest BCUT2D eigenvalue weighted by Gasteiger charge is -2.36. The van der Waals surface area contributed by atoms with Gasteiger partial charge in [0.05, 0.1) is 26.4 Å². The minimum atomic E-state index is -0.325. The maximum Gasteiger partial charge on any atom is 0.184 e. The molecule has 1 aromatic rings. The zero-order chi connectivity index (χ0) is 14.4. The van der Waals surface area contributed by atoms with Gasteiger partial charge in [-0.15, -0.1) is 0 Å². The van der Waals surface area contributed by atoms with E-state index in [4.69, 9.17) is 24.7 Å². The summed E-state index contributed by atoms with van der Waals surface area (Å²) in [6.07, 6.45) is 3.28. The van der Waals surface area contributed by atoms with Crippen molar-refractivity contribution in [1.29, 1.82) is 0 Å². The van der Waals surface area contributed by atoms with Crippen molar-refractivity contribution in [2.75, 3.05) is 34.0 Å². The van der Waals surface area contributed by atoms with Crippen LogP contribution >= 0.6 is 0 Å². The zero-order valence-corrected chi connectivity index (χ0v) is 12.1. The third-order valence-corrected chi connectivity index (χ3v) is 3.66. The second-order valence-electron chi connectivity index (χ2n) is 4.78. The van der Waals surface area contributed by atoms with E-state index in [1.807, 2.05) is 0 Å². The van der Waals surface area contributed by atoms with Gasteiger partial charge in [0.25, 0.3) is 0 Å². The van der Waals surface area contributed by atoms with Crippen molar-refractivity contribution in [3.05, 3.63) is 18.0 Å². The largest absolute Gasteiger partial charge is 0.493 e. The van der Waals surface area contributed by atoms with Gasteiger partial charge in [0.1, 0.15) is 5.69 Å². The third-order valence-electron chi connectivity index (χ3n) is 3.66. The van der Waals surface area contributed by atoms with Crippen LogP contribution in [0.2, 0.25) is 0 Å². The van der Waals surface area contributed by atoms with E-state index in [1.54, 1.807) is 26.5 Å². The van der Waals surface area contributed by atoms with E-state index in [0.29, 0.717) is 43.6 Å². The molecule has 1 fully saturated rings. The molecule has 0 unspecified atom stereocenters. The number of hydrogen-bond donors (Lipinski definition) is 1. The lowest BCUT2D eigenvalue weighted by molar-refractivity contribution is -0.113. The molecule has 0 amide bonds. The van der Waals surface area contributed by atoms with Crippen LogP contribution in [0.5, 0.6) is 11.5 Å². The Balaban J connectivity index is 2.09. The molecule has 1 aliphatic rings. The monoisotopic (exact) mass is 282 g/mol. The second-order valence-corrected chi connectivity index (χ2v) is 4.78. The van der Waals surface area contributed by atoms with Gasteiger partial charge in [0, 0.05) is 44.9 Å². The maximum atomic E-state index is 6.04. The number of hydrogen-bond acceptors (Lipinski definition) is 6. The zero-order valence-electron chi connectivity index (χ0n) is 12.1. The average molecular weight is 282 g/mol. The standard InChI is InChI=1S/C14H22N2O4/c1-17-12-3-6-16-11(13(12)18-2)9-20-14(10-15)4-7-19-8-5-14/h3,6H,4-5,7-10,15H2,1-2H3. The van der Waals surface area contributed by atoms with Crippen LogP contribution in [0.4, 0.5) is 0 Å². The summed E-state index contributed by atoms with van der Waals surface area (Å²) in [6.45, 7) is 2.18. The normalized spacial score (nSPS) is 17.8. The first-order valence-corrected chi connectivity index (χ1v) is 6.72. The highest BCUT2D eigenvalue weighted by Crippen LogP contribution is 2.31. The number of ether oxygens (including phenoxy) is 4. The highest BCUT2D eigenvalue weighted by Gasteiger charge is 2.32. The first-order valence-electron chi connectivity index (χ1n) is 6.72. The number of pyridine rings is 1. The van der Waals surface area contributed by atoms with Crippen molar-refractivity contribution in [2.45, 2.75) is 25.0 Å². The molecule has 1 saturated heterocycles. The van der Waals surface area contributed by atoms with Crippen LogP contribution in [-0.4, -0.2) is 44.6 Å². The van der Waals surface area contributed by atoms with Gasteiger partial charge in [-0.2, -0.15) is 0 Å². The molecule has 112 valence electrons. The Morgan fingerprint density at radius 3 is 2.65 bits per heavy atom. The van der Waals surface area contributed by atoms with E-state index in [9.17, 15) is 0 Å². The van der Waals surface area contributed by atoms with Crippen LogP contribution in [0, 0.1) is 0 Å². The van der Waals surface area contributed by atoms with E-state index in [-0.39, 0.29) is 5.60 Å². The quantitative estimate of drug-likeness (QED) is 0.842. The molecular formula is C14H22N2O4. The van der Waals surface area contributed by atoms with Crippen molar-refractivity contribution >= 4 is 0 Å². The maximum absolute atomic E-state index is 6.04. The molecule has 0 radical (unpaired) electrons. The van der Waals surface area contributed by atoms with Crippen molar-refractivity contribution in [3.8, 4) is 11.5 Å². The molecule has 0 aromatic carbocycles. The van der Waals surface area contributed by atoms with E-state index in [2.05, 4.69) is 4.98 Å². The van der Waals surface area contributed by atoms with Crippen molar-refractivity contribution in [3.63, 3.8) is 0 Å². The molecule has 6 heteroatoms. The van der Waals surface area contributed by atoms with Crippen LogP contribution in [0.15, 0.2) is 12.3 Å². The Kier molecular flexibility index (Phi) is 5.17. The van der Waals surface area contributed by atoms with Gasteiger partial charge in [0.2, 0.25) is 0 Å². The van der Waals surface area contributed by atoms with Crippen LogP contribution in [-0.2, 0) is 16.1 Å². The Morgan fingerprint density at radius 2 is 2.05 bits per heavy atom. The van der Waals surface area contributed by atoms with Gasteiger partial charge in [-0.05, 0) is 0 Å². The first-order chi connectivity index (χ1) is 9.74. The van der Waals surface area contributed by atoms with Crippen LogP contribution < -0.4 is 15.2 Å². The molecule has 20 heavy (non-hydrogen) atoms. The van der Waals surface area contributed by atoms with Crippen LogP contribution in [0.1, 0.15) is 18.5 Å². The summed E-state index contributed by atoms with van der Waals surface area (Å²) >= 11 is 0. The molecule has 1 aromatic heterocycles. The van der Waals surface area contributed by atoms with Gasteiger partial charge in [-0.3, -0.25) is 4.98 Å². The number of nitrogens with two attached hydrogens (primary N) is 1. The van der Waals surface area contributed by atoms with Gasteiger partial charge >= 0.3 is 0 Å². The van der Waals surface area contributed by atoms with Crippen LogP contribution in [0.25, 0.3) is 0 Å². The lowest BCUT2D eigenvalue weighted by atomic mass is 9.94. The fourth-order valence-corrected chi connectivity index (χ4v) is 2.33. The van der Waals surface area contributed by atoms with Crippen molar-refractivity contribution in [2.24, 2.45) is 5.73 Å². The Labute approximate surface area is 119 Å². The molecule has 2 N–H and O–H groups in total. The van der Waals surface area contributed by atoms with E-state index in [0.717, 1.165) is 12.8 Å². The summed E-state index contributed by atoms with van der Waals surface area (Å²) in [4.78, 5) is 4.31. The van der Waals surface area contributed by atoms with Gasteiger partial charge < -0.3 is 24.7 Å². The van der Waals surface area contributed by atoms with E-state index >= 15 is 0 Å². The van der Waals surface area contributed by atoms with Crippen molar-refractivity contribution in [1.82, 2.24) is 4.98 Å². The summed E-state index contributed by atoms with van der Waals surface area (Å²) in [6, 6.07) is 1.76. The van der Waals surface area contributed by atoms with E-state index in [1.165, 1.54) is 0 Å². The van der Waals surface area contributed by atoms with E-state index < -0.39 is 0 Å². The Bertz CT molecular complexity index is 433. The molecule has 0 aliphatic carbocycles. The second kappa shape index (κ2) is 6.88. The number of nitrogens with zero attached hydrogens (tertiary/aromatic N) is 1. The molecule has 0 bridgehead atoms. The summed E-state index contributed by atoms with van der Waals surface area (Å²) in [5, 5.41) is 0. The van der Waals surface area contributed by atoms with Gasteiger partial charge in [-0.1, -0.05) is 0 Å². The third kappa shape index (κ3) is 3.20. The molecule has 2 rings (SSSR count). The highest BCUT2D eigenvalue weighted by atomic mass is 16.5. The molecule has 6 nitrogen and oxygen atoms in total. The number of aromatic nitrogens is 1. The molecular weight excluding hydrogens is 260 g/mol. The molecule has 1 aliphatic heterocycles. The fraction of sp³-hybridized carbons (Fsp3) is 0.643. The average Bonchev–Trinajstić information content (AvgIpc) is 2.53. The molecule has 2 heterocycles.